The molecule has 0 fully saturated rings. The number of amides is 1. The highest BCUT2D eigenvalue weighted by Crippen LogP contribution is 2.20. The number of aromatic hydroxyl groups is 2. The molecule has 0 bridgehead atoms. The van der Waals surface area contributed by atoms with Crippen LogP contribution in [0.3, 0.4) is 0 Å². The second-order valence-electron chi connectivity index (χ2n) is 7.59. The van der Waals surface area contributed by atoms with E-state index in [1.165, 1.54) is 95.2 Å². The first-order valence-electron chi connectivity index (χ1n) is 10.9. The summed E-state index contributed by atoms with van der Waals surface area (Å²) in [5.74, 6) is -0.454. The molecule has 0 aromatic heterocycles. The number of carbonyl (C=O) groups excluding carboxylic acids is 1. The molecule has 0 aliphatic heterocycles. The normalized spacial score (nSPS) is 10.9. The van der Waals surface area contributed by atoms with Gasteiger partial charge >= 0.3 is 0 Å². The molecule has 1 aromatic carbocycles. The van der Waals surface area contributed by atoms with Gasteiger partial charge in [-0.05, 0) is 18.6 Å². The van der Waals surface area contributed by atoms with Gasteiger partial charge in [0.15, 0.2) is 0 Å². The Kier molecular flexibility index (Phi) is 13.3. The van der Waals surface area contributed by atoms with Crippen molar-refractivity contribution in [2.75, 3.05) is 6.54 Å². The van der Waals surface area contributed by atoms with E-state index in [2.05, 4.69) is 12.2 Å². The lowest BCUT2D eigenvalue weighted by Crippen LogP contribution is -2.24. The quantitative estimate of drug-likeness (QED) is 0.296. The fourth-order valence-electron chi connectivity index (χ4n) is 3.35. The highest BCUT2D eigenvalue weighted by atomic mass is 16.3. The van der Waals surface area contributed by atoms with Crippen LogP contribution in [0.1, 0.15) is 107 Å². The third kappa shape index (κ3) is 12.3. The van der Waals surface area contributed by atoms with E-state index in [1.807, 2.05) is 0 Å². The van der Waals surface area contributed by atoms with E-state index < -0.39 is 0 Å². The third-order valence-corrected chi connectivity index (χ3v) is 4.98. The third-order valence-electron chi connectivity index (χ3n) is 4.98. The summed E-state index contributed by atoms with van der Waals surface area (Å²) in [4.78, 5) is 11.9. The van der Waals surface area contributed by atoms with Gasteiger partial charge in [0.25, 0.3) is 5.91 Å². The Morgan fingerprint density at radius 3 is 1.56 bits per heavy atom. The minimum absolute atomic E-state index is 0.100. The molecular formula is C23H39NO3. The molecule has 4 heteroatoms. The highest BCUT2D eigenvalue weighted by Gasteiger charge is 2.07. The second kappa shape index (κ2) is 15.4. The predicted octanol–water partition coefficient (Wildman–Crippen LogP) is 6.31. The van der Waals surface area contributed by atoms with Crippen LogP contribution in [0.15, 0.2) is 18.2 Å². The average Bonchev–Trinajstić information content (AvgIpc) is 2.64. The minimum atomic E-state index is -0.254. The Bertz CT molecular complexity index is 496. The molecule has 0 heterocycles. The van der Waals surface area contributed by atoms with Crippen molar-refractivity contribution in [2.45, 2.75) is 96.8 Å². The van der Waals surface area contributed by atoms with E-state index in [4.69, 9.17) is 0 Å². The summed E-state index contributed by atoms with van der Waals surface area (Å²) in [7, 11) is 0. The van der Waals surface area contributed by atoms with Crippen molar-refractivity contribution in [3.63, 3.8) is 0 Å². The standard InChI is InChI=1S/C23H39NO3/c1-2-3-4-5-6-7-8-9-10-11-12-13-14-15-16-24-23(27)20-17-21(25)19-22(26)18-20/h17-19,25-26H,2-16H2,1H3,(H,24,27). The molecule has 0 saturated heterocycles. The number of nitrogens with one attached hydrogen (secondary N) is 1. The first kappa shape index (κ1) is 23.3. The SMILES string of the molecule is CCCCCCCCCCCCCCCCNC(=O)c1cc(O)cc(O)c1. The minimum Gasteiger partial charge on any atom is -0.508 e. The number of carbonyl (C=O) groups is 1. The van der Waals surface area contributed by atoms with Crippen LogP contribution in [-0.2, 0) is 0 Å². The molecule has 1 rings (SSSR count). The number of phenolic OH excluding ortho intramolecular Hbond substituents is 2. The van der Waals surface area contributed by atoms with E-state index in [0.29, 0.717) is 6.54 Å². The molecule has 0 unspecified atom stereocenters. The maximum atomic E-state index is 11.9. The van der Waals surface area contributed by atoms with Gasteiger partial charge in [-0.1, -0.05) is 90.4 Å². The molecule has 0 atom stereocenters. The van der Waals surface area contributed by atoms with Crippen molar-refractivity contribution in [2.24, 2.45) is 0 Å². The summed E-state index contributed by atoms with van der Waals surface area (Å²) in [5.41, 5.74) is 0.290. The zero-order valence-electron chi connectivity index (χ0n) is 17.1. The fraction of sp³-hybridized carbons (Fsp3) is 0.696. The van der Waals surface area contributed by atoms with Crippen LogP contribution in [0.5, 0.6) is 11.5 Å². The second-order valence-corrected chi connectivity index (χ2v) is 7.59. The van der Waals surface area contributed by atoms with Gasteiger partial charge in [0, 0.05) is 18.2 Å². The molecular weight excluding hydrogens is 338 g/mol. The van der Waals surface area contributed by atoms with Gasteiger partial charge in [-0.15, -0.1) is 0 Å². The van der Waals surface area contributed by atoms with Crippen molar-refractivity contribution in [3.05, 3.63) is 23.8 Å². The molecule has 27 heavy (non-hydrogen) atoms. The number of hydrogen-bond donors (Lipinski definition) is 3. The maximum absolute atomic E-state index is 11.9. The Morgan fingerprint density at radius 1 is 0.704 bits per heavy atom. The number of unbranched alkanes of at least 4 members (excludes halogenated alkanes) is 13. The zero-order valence-corrected chi connectivity index (χ0v) is 17.1. The smallest absolute Gasteiger partial charge is 0.251 e. The number of phenols is 2. The lowest BCUT2D eigenvalue weighted by Gasteiger charge is -2.06. The van der Waals surface area contributed by atoms with Gasteiger partial charge in [0.2, 0.25) is 0 Å². The lowest BCUT2D eigenvalue weighted by molar-refractivity contribution is 0.0952. The van der Waals surface area contributed by atoms with E-state index in [0.717, 1.165) is 12.8 Å². The number of rotatable bonds is 16. The van der Waals surface area contributed by atoms with Gasteiger partial charge in [-0.3, -0.25) is 4.79 Å². The zero-order chi connectivity index (χ0) is 19.7. The first-order chi connectivity index (χ1) is 13.1. The van der Waals surface area contributed by atoms with Crippen LogP contribution in [0, 0.1) is 0 Å². The van der Waals surface area contributed by atoms with Crippen LogP contribution in [-0.4, -0.2) is 22.7 Å². The predicted molar refractivity (Wildman–Crippen MR) is 112 cm³/mol. The lowest BCUT2D eigenvalue weighted by atomic mass is 10.0. The first-order valence-corrected chi connectivity index (χ1v) is 10.9. The van der Waals surface area contributed by atoms with Crippen molar-refractivity contribution < 1.29 is 15.0 Å². The topological polar surface area (TPSA) is 69.6 Å². The van der Waals surface area contributed by atoms with Crippen molar-refractivity contribution in [1.29, 1.82) is 0 Å². The van der Waals surface area contributed by atoms with E-state index in [-0.39, 0.29) is 23.0 Å². The molecule has 4 nitrogen and oxygen atoms in total. The Labute approximate surface area is 165 Å². The van der Waals surface area contributed by atoms with Crippen molar-refractivity contribution in [1.82, 2.24) is 5.32 Å². The molecule has 3 N–H and O–H groups in total. The molecule has 0 radical (unpaired) electrons. The van der Waals surface area contributed by atoms with Crippen LogP contribution >= 0.6 is 0 Å². The van der Waals surface area contributed by atoms with Gasteiger partial charge in [-0.2, -0.15) is 0 Å². The molecule has 0 saturated carbocycles. The van der Waals surface area contributed by atoms with Gasteiger partial charge in [-0.25, -0.2) is 0 Å². The number of hydrogen-bond acceptors (Lipinski definition) is 3. The summed E-state index contributed by atoms with van der Waals surface area (Å²) in [6.07, 6.45) is 18.4. The van der Waals surface area contributed by atoms with Gasteiger partial charge in [0.1, 0.15) is 11.5 Å². The van der Waals surface area contributed by atoms with Crippen LogP contribution in [0.2, 0.25) is 0 Å². The summed E-state index contributed by atoms with van der Waals surface area (Å²) in [5, 5.41) is 21.6. The monoisotopic (exact) mass is 377 g/mol. The maximum Gasteiger partial charge on any atom is 0.251 e. The summed E-state index contributed by atoms with van der Waals surface area (Å²) in [6, 6.07) is 3.94. The Balaban J connectivity index is 1.88. The molecule has 0 spiro atoms. The highest BCUT2D eigenvalue weighted by molar-refractivity contribution is 5.94. The van der Waals surface area contributed by atoms with Gasteiger partial charge < -0.3 is 15.5 Å². The number of benzene rings is 1. The van der Waals surface area contributed by atoms with Crippen molar-refractivity contribution >= 4 is 5.91 Å². The summed E-state index contributed by atoms with van der Waals surface area (Å²) in [6.45, 7) is 2.90. The molecule has 0 aliphatic rings. The van der Waals surface area contributed by atoms with Gasteiger partial charge in [0.05, 0.1) is 0 Å². The Morgan fingerprint density at radius 2 is 1.11 bits per heavy atom. The molecule has 1 amide bonds. The molecule has 154 valence electrons. The van der Waals surface area contributed by atoms with Crippen molar-refractivity contribution in [3.8, 4) is 11.5 Å². The van der Waals surface area contributed by atoms with E-state index >= 15 is 0 Å². The molecule has 1 aromatic rings. The largest absolute Gasteiger partial charge is 0.508 e. The van der Waals surface area contributed by atoms with E-state index in [9.17, 15) is 15.0 Å². The average molecular weight is 378 g/mol. The Hall–Kier alpha value is -1.71. The van der Waals surface area contributed by atoms with Crippen LogP contribution < -0.4 is 5.32 Å². The van der Waals surface area contributed by atoms with Crippen LogP contribution in [0.25, 0.3) is 0 Å². The summed E-state index contributed by atoms with van der Waals surface area (Å²) >= 11 is 0. The summed E-state index contributed by atoms with van der Waals surface area (Å²) < 4.78 is 0. The van der Waals surface area contributed by atoms with E-state index in [1.54, 1.807) is 0 Å². The molecule has 0 aliphatic carbocycles. The fourth-order valence-corrected chi connectivity index (χ4v) is 3.35. The van der Waals surface area contributed by atoms with Crippen LogP contribution in [0.4, 0.5) is 0 Å².